The third-order valence-electron chi connectivity index (χ3n) is 14.1. The predicted molar refractivity (Wildman–Crippen MR) is 350 cm³/mol. The van der Waals surface area contributed by atoms with Gasteiger partial charge in [-0.3, -0.25) is 9.13 Å². The van der Waals surface area contributed by atoms with Crippen molar-refractivity contribution in [1.82, 2.24) is 142 Å². The van der Waals surface area contributed by atoms with Crippen LogP contribution in [-0.4, -0.2) is 156 Å². The van der Waals surface area contributed by atoms with E-state index < -0.39 is 143 Å². The number of aryl methyl sites for hydroxylation is 6. The van der Waals surface area contributed by atoms with Crippen LogP contribution in [0.2, 0.25) is 0 Å². The molecule has 0 atom stereocenters. The SMILES string of the molecule is CN(C)n1c(C(F)(F)F)nn(C)c1=O.Cn1[nH]c(=O)n(C)c1=O.Cn1c(=O)n(C(F)F)c(=O)n1C.Cn1c(=O)n(C)n(C(F)F)c1=O.Cn1c(=O)n(C)n(C(F)F)c1=O.Cn1c(=O)n(C)n(C)c1=O.Cn1nc(C(F)(F)F)n(C)c1=O.Cn1nc(C(F)(F)F)n(N)c1=O.Cn1nc(C(F)F)n(C)c1=O.Cn1nc(C(F)F)n(N)c1=O. The predicted octanol–water partition coefficient (Wildman–Crippen LogP) is -6.78. The third kappa shape index (κ3) is 23.3. The van der Waals surface area contributed by atoms with E-state index in [0.717, 1.165) is 98.5 Å². The van der Waals surface area contributed by atoms with E-state index in [0.29, 0.717) is 46.5 Å². The summed E-state index contributed by atoms with van der Waals surface area (Å²) in [5.41, 5.74) is -10.8. The maximum Gasteiger partial charge on any atom is 0.453 e. The van der Waals surface area contributed by atoms with E-state index in [9.17, 15) is 155 Å². The van der Waals surface area contributed by atoms with Crippen LogP contribution in [0.4, 0.5) is 83.4 Å². The molecule has 10 heterocycles. The van der Waals surface area contributed by atoms with Gasteiger partial charge in [-0.2, -0.15) is 93.8 Å². The van der Waals surface area contributed by atoms with E-state index in [1.54, 1.807) is 14.1 Å². The van der Waals surface area contributed by atoms with E-state index >= 15 is 0 Å². The van der Waals surface area contributed by atoms with Crippen LogP contribution in [0, 0.1) is 0 Å². The van der Waals surface area contributed by atoms with E-state index in [-0.39, 0.29) is 41.4 Å². The third-order valence-corrected chi connectivity index (χ3v) is 14.1. The molecule has 0 unspecified atom stereocenters. The van der Waals surface area contributed by atoms with Gasteiger partial charge >= 0.3 is 124 Å². The lowest BCUT2D eigenvalue weighted by Gasteiger charge is -2.15. The molecule has 650 valence electrons. The van der Waals surface area contributed by atoms with Crippen molar-refractivity contribution in [2.45, 2.75) is 51.0 Å². The molecule has 0 spiro atoms. The molecule has 0 fully saturated rings. The number of hydrogen-bond acceptors (Lipinski definition) is 23. The van der Waals surface area contributed by atoms with Crippen molar-refractivity contribution in [3.63, 3.8) is 0 Å². The molecule has 0 aliphatic heterocycles. The van der Waals surface area contributed by atoms with E-state index in [1.807, 2.05) is 0 Å². The maximum atomic E-state index is 12.3. The van der Waals surface area contributed by atoms with Crippen molar-refractivity contribution in [3.8, 4) is 0 Å². The summed E-state index contributed by atoms with van der Waals surface area (Å²) in [6, 6.07) is 0. The first-order valence-electron chi connectivity index (χ1n) is 29.7. The molecule has 10 rings (SSSR count). The molecular formula is C48H70F19N33O15. The first-order chi connectivity index (χ1) is 52.1. The number of nitrogens with one attached hydrogen (secondary N) is 1. The number of nitrogens with zero attached hydrogens (tertiary/aromatic N) is 30. The minimum Gasteiger partial charge on any atom is -0.333 e. The highest BCUT2D eigenvalue weighted by molar-refractivity contribution is 4.98. The average molecular weight is 1710 g/mol. The summed E-state index contributed by atoms with van der Waals surface area (Å²) >= 11 is 0. The number of nitrogens with two attached hydrogens (primary N) is 2. The van der Waals surface area contributed by atoms with E-state index in [2.05, 4.69) is 30.6 Å². The lowest BCUT2D eigenvalue weighted by molar-refractivity contribution is -0.148. The van der Waals surface area contributed by atoms with Crippen LogP contribution >= 0.6 is 0 Å². The van der Waals surface area contributed by atoms with Gasteiger partial charge in [0.2, 0.25) is 17.5 Å². The zero-order valence-corrected chi connectivity index (χ0v) is 62.8. The second-order valence-electron chi connectivity index (χ2n) is 22.1. The van der Waals surface area contributed by atoms with Gasteiger partial charge in [0, 0.05) is 141 Å². The van der Waals surface area contributed by atoms with E-state index in [4.69, 9.17) is 11.7 Å². The van der Waals surface area contributed by atoms with Gasteiger partial charge in [0.05, 0.1) is 0 Å². The molecule has 115 heavy (non-hydrogen) atoms. The van der Waals surface area contributed by atoms with Crippen LogP contribution in [0.25, 0.3) is 0 Å². The summed E-state index contributed by atoms with van der Waals surface area (Å²) in [6.07, 6.45) is -19.4. The Morgan fingerprint density at radius 1 is 0.304 bits per heavy atom. The molecule has 5 N–H and O–H groups in total. The maximum absolute atomic E-state index is 12.3. The molecule has 10 aromatic heterocycles. The van der Waals surface area contributed by atoms with Crippen LogP contribution in [0.3, 0.4) is 0 Å². The van der Waals surface area contributed by atoms with E-state index in [1.165, 1.54) is 79.8 Å². The zero-order valence-electron chi connectivity index (χ0n) is 62.8. The first kappa shape index (κ1) is 99.5. The van der Waals surface area contributed by atoms with Gasteiger partial charge in [0.15, 0.2) is 0 Å². The van der Waals surface area contributed by atoms with Gasteiger partial charge in [-0.1, -0.05) is 0 Å². The molecule has 67 heteroatoms. The topological polar surface area (TPSA) is 510 Å². The monoisotopic (exact) mass is 1710 g/mol. The van der Waals surface area contributed by atoms with Crippen molar-refractivity contribution >= 4 is 0 Å². The van der Waals surface area contributed by atoms with Crippen LogP contribution < -0.4 is 102 Å². The van der Waals surface area contributed by atoms with Crippen LogP contribution in [0.5, 0.6) is 0 Å². The quantitative estimate of drug-likeness (QED) is 0.103. The van der Waals surface area contributed by atoms with Crippen LogP contribution in [0.15, 0.2) is 71.9 Å². The van der Waals surface area contributed by atoms with Crippen molar-refractivity contribution < 1.29 is 83.4 Å². The Morgan fingerprint density at radius 2 is 0.600 bits per heavy atom. The first-order valence-corrected chi connectivity index (χ1v) is 29.7. The van der Waals surface area contributed by atoms with Gasteiger partial charge in [0.1, 0.15) is 0 Å². The highest BCUT2D eigenvalue weighted by Crippen LogP contribution is 2.28. The number of H-pyrrole nitrogens is 1. The number of halogens is 19. The van der Waals surface area contributed by atoms with Gasteiger partial charge in [-0.05, 0) is 0 Å². The number of aromatic amines is 1. The molecule has 0 saturated carbocycles. The Morgan fingerprint density at radius 3 is 0.757 bits per heavy atom. The number of nitrogen functional groups attached to an aromatic ring is 2. The Hall–Kier alpha value is -13.5. The number of alkyl halides is 19. The summed E-state index contributed by atoms with van der Waals surface area (Å²) in [4.78, 5) is 163. The van der Waals surface area contributed by atoms with Gasteiger partial charge in [0.25, 0.3) is 24.5 Å². The Labute approximate surface area is 619 Å². The number of aromatic nitrogens is 30. The Bertz CT molecular complexity index is 5690. The molecule has 0 aliphatic carbocycles. The smallest absolute Gasteiger partial charge is 0.333 e. The lowest BCUT2D eigenvalue weighted by atomic mass is 10.6. The highest BCUT2D eigenvalue weighted by atomic mass is 19.4. The average Bonchev–Trinajstić information content (AvgIpc) is 1.65. The lowest BCUT2D eigenvalue weighted by Crippen LogP contribution is -2.39. The Kier molecular flexibility index (Phi) is 33.4. The minimum absolute atomic E-state index is 0.0417. The summed E-state index contributed by atoms with van der Waals surface area (Å²) < 4.78 is 244. The van der Waals surface area contributed by atoms with Crippen molar-refractivity contribution in [2.24, 2.45) is 127 Å². The fraction of sp³-hybridized carbons (Fsp3) is 0.583. The number of hydrogen-bond donors (Lipinski definition) is 3. The standard InChI is InChI=1S/C6H9F3N4O.C5H6F3N3O.3C5H7F2N3O2.C5H7F2N3O.C5H9N3O2.C4H5F3N4O.C4H6F2N4O.C4H7N3O2/c1-11(2)13-4(6(7,8)9)10-12(3)5(13)14;1-10-3(5(6,7)8)9-11(2)4(10)12;1-8-4(11)10(3(6)7)5(12)9(8)2;2*1-8-4(11)9(2)10(3(6)7)5(8)12;1-9-4(3(6)7)8-10(2)5(9)11;1-6-4(9)7(2)8(3)5(6)10;1-10-3(12)11(8)2(9-10)4(5,6)7;1-9-4(11)10(7)3(8-9)2(5)6;1-6-3(8)5-7(2)4(6)9/h1-3H3;1-2H3;3*3H,1-2H3;3H,1-2H3;1-3H3;8H2,1H3;2H,7H2,1H3;1-2H3,(H,5,8). The fourth-order valence-electron chi connectivity index (χ4n) is 7.83. The minimum atomic E-state index is -4.70. The molecule has 0 amide bonds. The second-order valence-corrected chi connectivity index (χ2v) is 22.1. The normalized spacial score (nSPS) is 11.2. The summed E-state index contributed by atoms with van der Waals surface area (Å²) in [5.74, 6) is 4.69. The second kappa shape index (κ2) is 38.6. The molecule has 0 radical (unpaired) electrons. The molecule has 0 saturated heterocycles. The summed E-state index contributed by atoms with van der Waals surface area (Å²) in [6.45, 7) is -9.06. The highest BCUT2D eigenvalue weighted by Gasteiger charge is 2.41. The van der Waals surface area contributed by atoms with Crippen molar-refractivity contribution in [2.75, 3.05) is 30.8 Å². The fourth-order valence-corrected chi connectivity index (χ4v) is 7.83. The van der Waals surface area contributed by atoms with Gasteiger partial charge in [-0.15, -0.1) is 25.5 Å². The zero-order chi connectivity index (χ0) is 90.6. The van der Waals surface area contributed by atoms with Crippen molar-refractivity contribution in [1.29, 1.82) is 0 Å². The molecule has 0 bridgehead atoms. The molecule has 0 aromatic carbocycles. The molecular weight excluding hydrogens is 1640 g/mol. The Balaban J connectivity index is 0.000000640. The summed E-state index contributed by atoms with van der Waals surface area (Å²) in [5, 5.41) is 18.9. The van der Waals surface area contributed by atoms with Crippen LogP contribution in [0.1, 0.15) is 61.6 Å². The summed E-state index contributed by atoms with van der Waals surface area (Å²) in [7, 11) is 25.4. The molecule has 0 aliphatic rings. The molecule has 48 nitrogen and oxygen atoms in total. The largest absolute Gasteiger partial charge is 0.453 e. The van der Waals surface area contributed by atoms with Crippen LogP contribution in [-0.2, 0) is 145 Å². The number of rotatable bonds is 6. The van der Waals surface area contributed by atoms with Gasteiger partial charge in [-0.25, -0.2) is 169 Å². The van der Waals surface area contributed by atoms with Gasteiger partial charge < -0.3 is 16.7 Å². The molecule has 10 aromatic rings. The van der Waals surface area contributed by atoms with Crippen molar-refractivity contribution in [3.05, 3.63) is 186 Å².